The lowest BCUT2D eigenvalue weighted by Gasteiger charge is -2.33. The molecule has 0 amide bonds. The molecule has 5 nitrogen and oxygen atoms in total. The van der Waals surface area contributed by atoms with Crippen LogP contribution in [-0.2, 0) is 0 Å². The molecule has 0 radical (unpaired) electrons. The van der Waals surface area contributed by atoms with Crippen molar-refractivity contribution >= 4 is 5.97 Å². The minimum Gasteiger partial charge on any atom is -0.475 e. The third-order valence-corrected chi connectivity index (χ3v) is 3.37. The van der Waals surface area contributed by atoms with Crippen LogP contribution in [0.25, 0.3) is 0 Å². The maximum atomic E-state index is 10.7. The van der Waals surface area contributed by atoms with Gasteiger partial charge in [0.1, 0.15) is 5.76 Å². The molecule has 1 unspecified atom stereocenters. The molecule has 0 saturated carbocycles. The standard InChI is InChI=1S/C12H18N2O3/c1-8(14-6-4-9(13)5-7-14)10-2-3-11(17-10)12(15)16/h2-3,8-9H,4-7,13H2,1H3,(H,15,16). The molecule has 1 aliphatic rings. The first-order valence-corrected chi connectivity index (χ1v) is 5.90. The van der Waals surface area contributed by atoms with E-state index in [9.17, 15) is 4.79 Å². The van der Waals surface area contributed by atoms with Gasteiger partial charge in [0.05, 0.1) is 6.04 Å². The maximum Gasteiger partial charge on any atom is 0.371 e. The van der Waals surface area contributed by atoms with Gasteiger partial charge >= 0.3 is 5.97 Å². The number of carboxylic acids is 1. The highest BCUT2D eigenvalue weighted by Crippen LogP contribution is 2.25. The van der Waals surface area contributed by atoms with Crippen LogP contribution in [0, 0.1) is 0 Å². The van der Waals surface area contributed by atoms with Crippen molar-refractivity contribution in [3.8, 4) is 0 Å². The van der Waals surface area contributed by atoms with E-state index in [1.807, 2.05) is 6.92 Å². The van der Waals surface area contributed by atoms with Gasteiger partial charge in [-0.15, -0.1) is 0 Å². The van der Waals surface area contributed by atoms with E-state index in [0.29, 0.717) is 11.8 Å². The van der Waals surface area contributed by atoms with Gasteiger partial charge in [-0.25, -0.2) is 4.79 Å². The lowest BCUT2D eigenvalue weighted by Crippen LogP contribution is -2.40. The fraction of sp³-hybridized carbons (Fsp3) is 0.583. The molecule has 3 N–H and O–H groups in total. The molecule has 1 atom stereocenters. The van der Waals surface area contributed by atoms with Crippen LogP contribution in [-0.4, -0.2) is 35.1 Å². The van der Waals surface area contributed by atoms with Crippen molar-refractivity contribution in [2.75, 3.05) is 13.1 Å². The van der Waals surface area contributed by atoms with Gasteiger partial charge in [0.15, 0.2) is 0 Å². The number of nitrogens with zero attached hydrogens (tertiary/aromatic N) is 1. The first kappa shape index (κ1) is 12.1. The second kappa shape index (κ2) is 4.89. The van der Waals surface area contributed by atoms with E-state index < -0.39 is 5.97 Å². The van der Waals surface area contributed by atoms with Crippen molar-refractivity contribution in [3.05, 3.63) is 23.7 Å². The summed E-state index contributed by atoms with van der Waals surface area (Å²) in [5, 5.41) is 8.80. The molecule has 0 bridgehead atoms. The van der Waals surface area contributed by atoms with E-state index in [4.69, 9.17) is 15.3 Å². The Kier molecular flexibility index (Phi) is 3.49. The monoisotopic (exact) mass is 238 g/mol. The van der Waals surface area contributed by atoms with Crippen LogP contribution in [0.15, 0.2) is 16.5 Å². The lowest BCUT2D eigenvalue weighted by atomic mass is 10.0. The number of hydrogen-bond donors (Lipinski definition) is 2. The van der Waals surface area contributed by atoms with Crippen LogP contribution in [0.1, 0.15) is 42.1 Å². The van der Waals surface area contributed by atoms with Crippen LogP contribution in [0.3, 0.4) is 0 Å². The molecular formula is C12H18N2O3. The zero-order valence-electron chi connectivity index (χ0n) is 9.93. The van der Waals surface area contributed by atoms with Gasteiger partial charge in [0, 0.05) is 19.1 Å². The summed E-state index contributed by atoms with van der Waals surface area (Å²) in [6, 6.07) is 3.65. The minimum atomic E-state index is -1.02. The molecule has 2 heterocycles. The first-order valence-electron chi connectivity index (χ1n) is 5.90. The minimum absolute atomic E-state index is 0.000519. The SMILES string of the molecule is CC(c1ccc(C(=O)O)o1)N1CCC(N)CC1. The van der Waals surface area contributed by atoms with Crippen molar-refractivity contribution in [1.29, 1.82) is 0 Å². The summed E-state index contributed by atoms with van der Waals surface area (Å²) >= 11 is 0. The van der Waals surface area contributed by atoms with Gasteiger partial charge in [0.25, 0.3) is 0 Å². The molecule has 1 aliphatic heterocycles. The number of carboxylic acid groups (broad SMARTS) is 1. The lowest BCUT2D eigenvalue weighted by molar-refractivity contribution is 0.0654. The number of piperidine rings is 1. The number of hydrogen-bond acceptors (Lipinski definition) is 4. The predicted octanol–water partition coefficient (Wildman–Crippen LogP) is 1.46. The van der Waals surface area contributed by atoms with Gasteiger partial charge in [-0.05, 0) is 31.9 Å². The van der Waals surface area contributed by atoms with Crippen molar-refractivity contribution in [3.63, 3.8) is 0 Å². The zero-order chi connectivity index (χ0) is 12.4. The van der Waals surface area contributed by atoms with Crippen LogP contribution in [0.2, 0.25) is 0 Å². The third kappa shape index (κ3) is 2.68. The fourth-order valence-corrected chi connectivity index (χ4v) is 2.18. The van der Waals surface area contributed by atoms with Gasteiger partial charge in [-0.2, -0.15) is 0 Å². The summed E-state index contributed by atoms with van der Waals surface area (Å²) in [6.45, 7) is 3.90. The largest absolute Gasteiger partial charge is 0.475 e. The summed E-state index contributed by atoms with van der Waals surface area (Å²) < 4.78 is 5.31. The molecule has 1 saturated heterocycles. The van der Waals surface area contributed by atoms with E-state index in [-0.39, 0.29) is 11.8 Å². The number of furan rings is 1. The highest BCUT2D eigenvalue weighted by atomic mass is 16.4. The van der Waals surface area contributed by atoms with Crippen LogP contribution >= 0.6 is 0 Å². The molecule has 0 spiro atoms. The van der Waals surface area contributed by atoms with Crippen molar-refractivity contribution in [2.45, 2.75) is 31.8 Å². The molecule has 0 aliphatic carbocycles. The van der Waals surface area contributed by atoms with Gasteiger partial charge in [-0.1, -0.05) is 0 Å². The van der Waals surface area contributed by atoms with E-state index in [0.717, 1.165) is 25.9 Å². The van der Waals surface area contributed by atoms with E-state index in [1.165, 1.54) is 6.07 Å². The number of carbonyl (C=O) groups is 1. The summed E-state index contributed by atoms with van der Waals surface area (Å²) in [6.07, 6.45) is 1.97. The Morgan fingerprint density at radius 2 is 2.18 bits per heavy atom. The van der Waals surface area contributed by atoms with E-state index >= 15 is 0 Å². The second-order valence-corrected chi connectivity index (χ2v) is 4.56. The molecule has 1 aromatic heterocycles. The van der Waals surface area contributed by atoms with Crippen molar-refractivity contribution in [2.24, 2.45) is 5.73 Å². The Morgan fingerprint density at radius 1 is 1.53 bits per heavy atom. The second-order valence-electron chi connectivity index (χ2n) is 4.56. The number of nitrogens with two attached hydrogens (primary N) is 1. The molecule has 17 heavy (non-hydrogen) atoms. The Balaban J connectivity index is 2.03. The van der Waals surface area contributed by atoms with Crippen LogP contribution in [0.4, 0.5) is 0 Å². The molecule has 1 aromatic rings. The Bertz CT molecular complexity index is 394. The normalized spacial score (nSPS) is 20.4. The fourth-order valence-electron chi connectivity index (χ4n) is 2.18. The maximum absolute atomic E-state index is 10.7. The first-order chi connectivity index (χ1) is 8.08. The van der Waals surface area contributed by atoms with Crippen molar-refractivity contribution in [1.82, 2.24) is 4.90 Å². The van der Waals surface area contributed by atoms with Gasteiger partial charge in [-0.3, -0.25) is 4.90 Å². The molecule has 2 rings (SSSR count). The zero-order valence-corrected chi connectivity index (χ0v) is 9.93. The summed E-state index contributed by atoms with van der Waals surface area (Å²) in [7, 11) is 0. The topological polar surface area (TPSA) is 79.7 Å². The Labute approximate surface area is 100 Å². The summed E-state index contributed by atoms with van der Waals surface area (Å²) in [4.78, 5) is 13.0. The average molecular weight is 238 g/mol. The highest BCUT2D eigenvalue weighted by molar-refractivity contribution is 5.84. The Morgan fingerprint density at radius 3 is 2.71 bits per heavy atom. The summed E-state index contributed by atoms with van der Waals surface area (Å²) in [5.41, 5.74) is 5.85. The van der Waals surface area contributed by atoms with Gasteiger partial charge < -0.3 is 15.3 Å². The number of likely N-dealkylation sites (tertiary alicyclic amines) is 1. The molecule has 5 heteroatoms. The molecule has 1 fully saturated rings. The van der Waals surface area contributed by atoms with Crippen LogP contribution < -0.4 is 5.73 Å². The predicted molar refractivity (Wildman–Crippen MR) is 62.9 cm³/mol. The van der Waals surface area contributed by atoms with E-state index in [2.05, 4.69) is 4.90 Å². The Hall–Kier alpha value is -1.33. The van der Waals surface area contributed by atoms with Crippen molar-refractivity contribution < 1.29 is 14.3 Å². The van der Waals surface area contributed by atoms with Crippen LogP contribution in [0.5, 0.6) is 0 Å². The third-order valence-electron chi connectivity index (χ3n) is 3.37. The van der Waals surface area contributed by atoms with Gasteiger partial charge in [0.2, 0.25) is 5.76 Å². The molecular weight excluding hydrogens is 220 g/mol. The molecule has 94 valence electrons. The van der Waals surface area contributed by atoms with E-state index in [1.54, 1.807) is 6.07 Å². The smallest absolute Gasteiger partial charge is 0.371 e. The highest BCUT2D eigenvalue weighted by Gasteiger charge is 2.24. The summed E-state index contributed by atoms with van der Waals surface area (Å²) in [5.74, 6) is -0.317. The average Bonchev–Trinajstić information content (AvgIpc) is 2.78. The quantitative estimate of drug-likeness (QED) is 0.833. The molecule has 0 aromatic carbocycles. The number of aromatic carboxylic acids is 1. The number of rotatable bonds is 3.